The quantitative estimate of drug-likeness (QED) is 0.859. The molecule has 0 aromatic heterocycles. The van der Waals surface area contributed by atoms with E-state index in [0.29, 0.717) is 0 Å². The highest BCUT2D eigenvalue weighted by Gasteiger charge is 2.08. The number of ether oxygens (including phenoxy) is 1. The van der Waals surface area contributed by atoms with Gasteiger partial charge in [-0.2, -0.15) is 10.5 Å². The lowest BCUT2D eigenvalue weighted by atomic mass is 10.1. The molecule has 0 amide bonds. The molecule has 0 bridgehead atoms. The second kappa shape index (κ2) is 5.81. The van der Waals surface area contributed by atoms with Gasteiger partial charge in [0.1, 0.15) is 12.4 Å². The number of hydrogen-bond donors (Lipinski definition) is 0. The maximum atomic E-state index is 13.6. The highest BCUT2D eigenvalue weighted by Crippen LogP contribution is 2.20. The molecule has 0 radical (unpaired) electrons. The predicted octanol–water partition coefficient (Wildman–Crippen LogP) is 3.29. The summed E-state index contributed by atoms with van der Waals surface area (Å²) in [5.74, 6) is -1.33. The Kier molecular flexibility index (Phi) is 3.93. The SMILES string of the molecule is N#Cc1ccc(COc2ccc(C#N)cc2F)c(F)c1. The van der Waals surface area contributed by atoms with Gasteiger partial charge in [-0.3, -0.25) is 0 Å². The van der Waals surface area contributed by atoms with Gasteiger partial charge in [0.2, 0.25) is 0 Å². The van der Waals surface area contributed by atoms with E-state index in [2.05, 4.69) is 0 Å². The van der Waals surface area contributed by atoms with Crippen molar-refractivity contribution in [3.63, 3.8) is 0 Å². The number of rotatable bonds is 3. The molecule has 0 aliphatic heterocycles. The van der Waals surface area contributed by atoms with E-state index in [-0.39, 0.29) is 29.0 Å². The summed E-state index contributed by atoms with van der Waals surface area (Å²) in [4.78, 5) is 0. The molecule has 5 heteroatoms. The summed E-state index contributed by atoms with van der Waals surface area (Å²) in [6, 6.07) is 11.4. The predicted molar refractivity (Wildman–Crippen MR) is 66.6 cm³/mol. The zero-order chi connectivity index (χ0) is 14.5. The fourth-order valence-corrected chi connectivity index (χ4v) is 1.58. The molecule has 2 aromatic rings. The summed E-state index contributed by atoms with van der Waals surface area (Å²) in [7, 11) is 0. The largest absolute Gasteiger partial charge is 0.486 e. The van der Waals surface area contributed by atoms with E-state index < -0.39 is 11.6 Å². The smallest absolute Gasteiger partial charge is 0.166 e. The summed E-state index contributed by atoms with van der Waals surface area (Å²) in [6.07, 6.45) is 0. The number of benzene rings is 2. The molecule has 98 valence electrons. The molecule has 3 nitrogen and oxygen atoms in total. The Bertz CT molecular complexity index is 666. The van der Waals surface area contributed by atoms with Gasteiger partial charge in [0, 0.05) is 5.56 Å². The number of nitrogens with zero attached hydrogens (tertiary/aromatic N) is 2. The Morgan fingerprint density at radius 1 is 0.900 bits per heavy atom. The molecule has 0 spiro atoms. The van der Waals surface area contributed by atoms with Crippen LogP contribution in [0.15, 0.2) is 36.4 Å². The van der Waals surface area contributed by atoms with Crippen LogP contribution in [0.1, 0.15) is 16.7 Å². The molecule has 20 heavy (non-hydrogen) atoms. The van der Waals surface area contributed by atoms with Crippen LogP contribution in [0.25, 0.3) is 0 Å². The Balaban J connectivity index is 2.13. The van der Waals surface area contributed by atoms with E-state index >= 15 is 0 Å². The monoisotopic (exact) mass is 270 g/mol. The first-order valence-electron chi connectivity index (χ1n) is 5.65. The first kappa shape index (κ1) is 13.5. The standard InChI is InChI=1S/C15H8F2N2O/c16-13-5-10(7-18)1-3-12(13)9-20-15-4-2-11(8-19)6-14(15)17/h1-6H,9H2. The molecule has 0 fully saturated rings. The van der Waals surface area contributed by atoms with Crippen LogP contribution in [0.4, 0.5) is 8.78 Å². The third-order valence-corrected chi connectivity index (χ3v) is 2.63. The third-order valence-electron chi connectivity index (χ3n) is 2.63. The minimum absolute atomic E-state index is 0.0623. The van der Waals surface area contributed by atoms with Crippen LogP contribution in [0, 0.1) is 34.3 Å². The topological polar surface area (TPSA) is 56.8 Å². The molecular weight excluding hydrogens is 262 g/mol. The van der Waals surface area contributed by atoms with Crippen LogP contribution >= 0.6 is 0 Å². The van der Waals surface area contributed by atoms with Crippen LogP contribution in [0.2, 0.25) is 0 Å². The lowest BCUT2D eigenvalue weighted by molar-refractivity contribution is 0.284. The maximum Gasteiger partial charge on any atom is 0.166 e. The molecule has 0 atom stereocenters. The fourth-order valence-electron chi connectivity index (χ4n) is 1.58. The van der Waals surface area contributed by atoms with Crippen LogP contribution in [0.5, 0.6) is 5.75 Å². The van der Waals surface area contributed by atoms with Crippen molar-refractivity contribution in [3.05, 3.63) is 64.7 Å². The average Bonchev–Trinajstić information content (AvgIpc) is 2.46. The zero-order valence-corrected chi connectivity index (χ0v) is 10.2. The van der Waals surface area contributed by atoms with Crippen LogP contribution < -0.4 is 4.74 Å². The lowest BCUT2D eigenvalue weighted by Gasteiger charge is -2.08. The summed E-state index contributed by atoms with van der Waals surface area (Å²) >= 11 is 0. The molecule has 0 heterocycles. The van der Waals surface area contributed by atoms with Crippen molar-refractivity contribution in [2.75, 3.05) is 0 Å². The highest BCUT2D eigenvalue weighted by molar-refractivity contribution is 5.36. The van der Waals surface area contributed by atoms with Crippen molar-refractivity contribution in [3.8, 4) is 17.9 Å². The Morgan fingerprint density at radius 2 is 1.50 bits per heavy atom. The Labute approximate surface area is 114 Å². The average molecular weight is 270 g/mol. The van der Waals surface area contributed by atoms with Gasteiger partial charge in [-0.25, -0.2) is 8.78 Å². The van der Waals surface area contributed by atoms with Gasteiger partial charge in [-0.1, -0.05) is 6.07 Å². The lowest BCUT2D eigenvalue weighted by Crippen LogP contribution is -2.00. The van der Waals surface area contributed by atoms with Crippen molar-refractivity contribution in [1.29, 1.82) is 10.5 Å². The zero-order valence-electron chi connectivity index (χ0n) is 10.2. The normalized spacial score (nSPS) is 9.60. The first-order valence-corrected chi connectivity index (χ1v) is 5.65. The summed E-state index contributed by atoms with van der Waals surface area (Å²) < 4.78 is 32.3. The molecule has 0 saturated heterocycles. The molecule has 2 aromatic carbocycles. The van der Waals surface area contributed by atoms with Gasteiger partial charge in [0.05, 0.1) is 23.3 Å². The van der Waals surface area contributed by atoms with E-state index in [9.17, 15) is 8.78 Å². The van der Waals surface area contributed by atoms with Gasteiger partial charge in [0.25, 0.3) is 0 Å². The van der Waals surface area contributed by atoms with Crippen molar-refractivity contribution in [1.82, 2.24) is 0 Å². The van der Waals surface area contributed by atoms with E-state index in [1.54, 1.807) is 6.07 Å². The molecule has 0 N–H and O–H groups in total. The molecule has 2 rings (SSSR count). The minimum atomic E-state index is -0.682. The minimum Gasteiger partial charge on any atom is -0.486 e. The van der Waals surface area contributed by atoms with Gasteiger partial charge >= 0.3 is 0 Å². The highest BCUT2D eigenvalue weighted by atomic mass is 19.1. The van der Waals surface area contributed by atoms with E-state index in [1.165, 1.54) is 24.3 Å². The van der Waals surface area contributed by atoms with Crippen LogP contribution in [-0.2, 0) is 6.61 Å². The Morgan fingerprint density at radius 3 is 2.05 bits per heavy atom. The van der Waals surface area contributed by atoms with E-state index in [4.69, 9.17) is 15.3 Å². The number of nitriles is 2. The molecule has 0 unspecified atom stereocenters. The van der Waals surface area contributed by atoms with E-state index in [0.717, 1.165) is 12.1 Å². The van der Waals surface area contributed by atoms with Crippen molar-refractivity contribution >= 4 is 0 Å². The molecule has 0 aliphatic carbocycles. The van der Waals surface area contributed by atoms with Crippen LogP contribution in [0.3, 0.4) is 0 Å². The third kappa shape index (κ3) is 2.90. The molecular formula is C15H8F2N2O. The second-order valence-corrected chi connectivity index (χ2v) is 3.96. The van der Waals surface area contributed by atoms with Crippen LogP contribution in [-0.4, -0.2) is 0 Å². The van der Waals surface area contributed by atoms with Gasteiger partial charge in [-0.05, 0) is 30.3 Å². The maximum absolute atomic E-state index is 13.6. The summed E-state index contributed by atoms with van der Waals surface area (Å²) in [5.41, 5.74) is 0.600. The second-order valence-electron chi connectivity index (χ2n) is 3.96. The summed E-state index contributed by atoms with van der Waals surface area (Å²) in [5, 5.41) is 17.2. The fraction of sp³-hybridized carbons (Fsp3) is 0.0667. The number of hydrogen-bond acceptors (Lipinski definition) is 3. The van der Waals surface area contributed by atoms with Crippen molar-refractivity contribution in [2.24, 2.45) is 0 Å². The molecule has 0 aliphatic rings. The Hall–Kier alpha value is -2.92. The van der Waals surface area contributed by atoms with Gasteiger partial charge in [0.15, 0.2) is 11.6 Å². The van der Waals surface area contributed by atoms with E-state index in [1.807, 2.05) is 6.07 Å². The summed E-state index contributed by atoms with van der Waals surface area (Å²) in [6.45, 7) is -0.166. The first-order chi connectivity index (χ1) is 9.63. The van der Waals surface area contributed by atoms with Gasteiger partial charge in [-0.15, -0.1) is 0 Å². The van der Waals surface area contributed by atoms with Crippen molar-refractivity contribution in [2.45, 2.75) is 6.61 Å². The van der Waals surface area contributed by atoms with Crippen molar-refractivity contribution < 1.29 is 13.5 Å². The number of halogens is 2. The molecule has 0 saturated carbocycles. The van der Waals surface area contributed by atoms with Gasteiger partial charge < -0.3 is 4.74 Å².